The van der Waals surface area contributed by atoms with E-state index in [0.717, 1.165) is 32.8 Å². The van der Waals surface area contributed by atoms with Crippen molar-refractivity contribution in [2.45, 2.75) is 13.5 Å². The van der Waals surface area contributed by atoms with Crippen LogP contribution in [0.1, 0.15) is 12.5 Å². The van der Waals surface area contributed by atoms with Gasteiger partial charge in [-0.3, -0.25) is 0 Å². The monoisotopic (exact) mass is 337 g/mol. The van der Waals surface area contributed by atoms with Crippen LogP contribution in [-0.2, 0) is 20.9 Å². The molecule has 0 heterocycles. The molecule has 0 saturated carbocycles. The molecule has 0 spiro atoms. The summed E-state index contributed by atoms with van der Waals surface area (Å²) in [5.74, 6) is 0. The Balaban J connectivity index is 2.28. The van der Waals surface area contributed by atoms with Crippen LogP contribution in [0.25, 0.3) is 10.8 Å². The van der Waals surface area contributed by atoms with Crippen molar-refractivity contribution < 1.29 is 17.5 Å². The number of nitrogens with two attached hydrogens (primary N) is 1. The molecule has 23 heavy (non-hydrogen) atoms. The molecule has 0 aliphatic heterocycles. The van der Waals surface area contributed by atoms with Crippen LogP contribution in [0.3, 0.4) is 0 Å². The SMILES string of the molecule is CCN(OS(C)(=O)=O)N(Cc1ccc2ccccc2c1)C(N)=O. The molecule has 0 aliphatic carbocycles. The lowest BCUT2D eigenvalue weighted by atomic mass is 10.1. The molecule has 2 amide bonds. The van der Waals surface area contributed by atoms with Gasteiger partial charge in [-0.15, -0.1) is 0 Å². The molecule has 2 N–H and O–H groups in total. The minimum atomic E-state index is -3.76. The van der Waals surface area contributed by atoms with E-state index in [1.54, 1.807) is 6.92 Å². The Morgan fingerprint density at radius 1 is 1.17 bits per heavy atom. The van der Waals surface area contributed by atoms with Gasteiger partial charge in [0.05, 0.1) is 12.8 Å². The van der Waals surface area contributed by atoms with Gasteiger partial charge in [-0.05, 0) is 29.3 Å². The summed E-state index contributed by atoms with van der Waals surface area (Å²) in [6.07, 6.45) is 0.908. The fourth-order valence-corrected chi connectivity index (χ4v) is 2.70. The molecule has 8 heteroatoms. The van der Waals surface area contributed by atoms with Crippen molar-refractivity contribution in [2.75, 3.05) is 12.8 Å². The summed E-state index contributed by atoms with van der Waals surface area (Å²) in [7, 11) is -3.76. The molecule has 0 fully saturated rings. The van der Waals surface area contributed by atoms with E-state index < -0.39 is 16.1 Å². The van der Waals surface area contributed by atoms with E-state index >= 15 is 0 Å². The van der Waals surface area contributed by atoms with Crippen LogP contribution in [0.4, 0.5) is 4.79 Å². The summed E-state index contributed by atoms with van der Waals surface area (Å²) in [5, 5.41) is 4.07. The predicted octanol–water partition coefficient (Wildman–Crippen LogP) is 1.85. The van der Waals surface area contributed by atoms with Crippen LogP contribution in [0.5, 0.6) is 0 Å². The fourth-order valence-electron chi connectivity index (χ4n) is 2.20. The molecular weight excluding hydrogens is 318 g/mol. The van der Waals surface area contributed by atoms with Gasteiger partial charge in [0.25, 0.3) is 10.1 Å². The number of fused-ring (bicyclic) bond motifs is 1. The lowest BCUT2D eigenvalue weighted by Gasteiger charge is -2.30. The minimum absolute atomic E-state index is 0.101. The molecule has 7 nitrogen and oxygen atoms in total. The Kier molecular flexibility index (Phi) is 5.19. The molecule has 0 unspecified atom stereocenters. The summed E-state index contributed by atoms with van der Waals surface area (Å²) in [6, 6.07) is 12.7. The smallest absolute Gasteiger partial charge is 0.331 e. The molecule has 2 aromatic rings. The van der Waals surface area contributed by atoms with Crippen molar-refractivity contribution in [1.29, 1.82) is 0 Å². The second kappa shape index (κ2) is 6.95. The second-order valence-corrected chi connectivity index (χ2v) is 6.58. The van der Waals surface area contributed by atoms with E-state index in [0.29, 0.717) is 0 Å². The van der Waals surface area contributed by atoms with Crippen LogP contribution < -0.4 is 5.73 Å². The first-order valence-corrected chi connectivity index (χ1v) is 8.83. The van der Waals surface area contributed by atoms with Gasteiger partial charge in [-0.1, -0.05) is 41.6 Å². The first-order chi connectivity index (χ1) is 10.8. The van der Waals surface area contributed by atoms with Crippen molar-refractivity contribution >= 4 is 26.9 Å². The van der Waals surface area contributed by atoms with Gasteiger partial charge in [0, 0.05) is 6.54 Å². The van der Waals surface area contributed by atoms with Gasteiger partial charge in [0.2, 0.25) is 0 Å². The third-order valence-corrected chi connectivity index (χ3v) is 3.60. The maximum atomic E-state index is 11.7. The van der Waals surface area contributed by atoms with Crippen LogP contribution in [0.2, 0.25) is 0 Å². The summed E-state index contributed by atoms with van der Waals surface area (Å²) in [6.45, 7) is 1.90. The molecular formula is C15H19N3O4S. The van der Waals surface area contributed by atoms with Gasteiger partial charge in [-0.25, -0.2) is 9.80 Å². The first kappa shape index (κ1) is 17.2. The molecule has 0 radical (unpaired) electrons. The highest BCUT2D eigenvalue weighted by molar-refractivity contribution is 7.85. The first-order valence-electron chi connectivity index (χ1n) is 7.02. The van der Waals surface area contributed by atoms with Crippen molar-refractivity contribution in [2.24, 2.45) is 5.73 Å². The quantitative estimate of drug-likeness (QED) is 0.812. The number of carbonyl (C=O) groups is 1. The molecule has 124 valence electrons. The minimum Gasteiger partial charge on any atom is -0.350 e. The van der Waals surface area contributed by atoms with Gasteiger partial charge in [0.1, 0.15) is 0 Å². The van der Waals surface area contributed by atoms with Crippen molar-refractivity contribution in [3.05, 3.63) is 48.0 Å². The highest BCUT2D eigenvalue weighted by Gasteiger charge is 2.23. The van der Waals surface area contributed by atoms with Gasteiger partial charge in [-0.2, -0.15) is 12.7 Å². The number of hydrogen-bond acceptors (Lipinski definition) is 5. The van der Waals surface area contributed by atoms with Gasteiger partial charge < -0.3 is 5.73 Å². The number of hydrazine groups is 1. The van der Waals surface area contributed by atoms with Gasteiger partial charge >= 0.3 is 6.03 Å². The maximum absolute atomic E-state index is 11.7. The molecule has 0 saturated heterocycles. The number of carbonyl (C=O) groups excluding carboxylic acids is 1. The van der Waals surface area contributed by atoms with E-state index in [9.17, 15) is 13.2 Å². The summed E-state index contributed by atoms with van der Waals surface area (Å²) in [5.41, 5.74) is 6.17. The zero-order chi connectivity index (χ0) is 17.0. The number of amides is 2. The Hall–Kier alpha value is -2.16. The van der Waals surface area contributed by atoms with E-state index in [1.165, 1.54) is 0 Å². The normalized spacial score (nSPS) is 11.8. The molecule has 0 bridgehead atoms. The van der Waals surface area contributed by atoms with Gasteiger partial charge in [0.15, 0.2) is 0 Å². The molecule has 2 aromatic carbocycles. The summed E-state index contributed by atoms with van der Waals surface area (Å²) in [4.78, 5) is 11.7. The third-order valence-electron chi connectivity index (χ3n) is 3.16. The largest absolute Gasteiger partial charge is 0.350 e. The highest BCUT2D eigenvalue weighted by Crippen LogP contribution is 2.18. The van der Waals surface area contributed by atoms with Crippen LogP contribution in [0.15, 0.2) is 42.5 Å². The lowest BCUT2D eigenvalue weighted by Crippen LogP contribution is -2.49. The predicted molar refractivity (Wildman–Crippen MR) is 87.4 cm³/mol. The zero-order valence-corrected chi connectivity index (χ0v) is 13.8. The third kappa shape index (κ3) is 4.65. The standard InChI is InChI=1S/C15H19N3O4S/c1-3-18(22-23(2,20)21)17(15(16)19)11-12-8-9-13-6-4-5-7-14(13)10-12/h4-10H,3,11H2,1-2H3,(H2,16,19). The van der Waals surface area contributed by atoms with Crippen LogP contribution in [0, 0.1) is 0 Å². The van der Waals surface area contributed by atoms with E-state index in [1.807, 2.05) is 42.5 Å². The number of hydrogen-bond donors (Lipinski definition) is 1. The lowest BCUT2D eigenvalue weighted by molar-refractivity contribution is -0.188. The average molecular weight is 337 g/mol. The summed E-state index contributed by atoms with van der Waals surface area (Å²) < 4.78 is 27.4. The molecule has 2 rings (SSSR count). The molecule has 0 atom stereocenters. The number of nitrogens with zero attached hydrogens (tertiary/aromatic N) is 2. The summed E-state index contributed by atoms with van der Waals surface area (Å²) >= 11 is 0. The van der Waals surface area contributed by atoms with Crippen molar-refractivity contribution in [1.82, 2.24) is 10.2 Å². The Morgan fingerprint density at radius 3 is 2.39 bits per heavy atom. The van der Waals surface area contributed by atoms with Crippen molar-refractivity contribution in [3.63, 3.8) is 0 Å². The number of rotatable bonds is 6. The Morgan fingerprint density at radius 2 is 1.83 bits per heavy atom. The molecule has 0 aromatic heterocycles. The second-order valence-electron chi connectivity index (χ2n) is 5.02. The van der Waals surface area contributed by atoms with E-state index in [2.05, 4.69) is 0 Å². The maximum Gasteiger partial charge on any atom is 0.331 e. The van der Waals surface area contributed by atoms with E-state index in [4.69, 9.17) is 10.0 Å². The Labute approximate surface area is 135 Å². The average Bonchev–Trinajstić information content (AvgIpc) is 2.49. The number of hydroxylamine groups is 1. The highest BCUT2D eigenvalue weighted by atomic mass is 32.2. The number of primary amides is 1. The van der Waals surface area contributed by atoms with Crippen LogP contribution in [-0.4, -0.2) is 37.4 Å². The van der Waals surface area contributed by atoms with Crippen molar-refractivity contribution in [3.8, 4) is 0 Å². The zero-order valence-electron chi connectivity index (χ0n) is 13.0. The number of urea groups is 1. The Bertz CT molecular complexity index is 807. The van der Waals surface area contributed by atoms with E-state index in [-0.39, 0.29) is 13.1 Å². The number of benzene rings is 2. The molecule has 0 aliphatic rings. The fraction of sp³-hybridized carbons (Fsp3) is 0.267. The topological polar surface area (TPSA) is 92.9 Å². The van der Waals surface area contributed by atoms with Crippen LogP contribution >= 0.6 is 0 Å².